The molecule has 6 aliphatic heterocycles. The maximum atomic E-state index is 12.4. The summed E-state index contributed by atoms with van der Waals surface area (Å²) in [4.78, 5) is 24.4. The SMILES string of the molecule is CC[C@@]1([C@@H]2O[C@H]([C@H]3O[C@@]4(CO[C@H](c5ccc(OC)cc5)O4)[C@H](C)C[C@@H]3C)C[C@@H]2C)CC[C@H]([C@@]2(C)CC[C@]3(C[C@H](OC(C)=O)[C@@H](C)[C@@H]([C@@H](C)[C@@H](OC)[C@H](C)C(=O)O)O3)O2)O1. The predicted molar refractivity (Wildman–Crippen MR) is 215 cm³/mol. The molecule has 0 unspecified atom stereocenters. The fourth-order valence-corrected chi connectivity index (χ4v) is 11.7. The molecule has 7 rings (SSSR count). The lowest BCUT2D eigenvalue weighted by Crippen LogP contribution is -2.57. The summed E-state index contributed by atoms with van der Waals surface area (Å²) >= 11 is 0. The van der Waals surface area contributed by atoms with E-state index in [0.717, 1.165) is 43.4 Å². The first-order valence-corrected chi connectivity index (χ1v) is 22.2. The van der Waals surface area contributed by atoms with E-state index in [1.54, 1.807) is 14.0 Å². The number of benzene rings is 1. The van der Waals surface area contributed by atoms with Gasteiger partial charge in [0, 0.05) is 50.2 Å². The van der Waals surface area contributed by atoms with Gasteiger partial charge < -0.3 is 52.5 Å². The van der Waals surface area contributed by atoms with Crippen molar-refractivity contribution in [3.05, 3.63) is 29.8 Å². The van der Waals surface area contributed by atoms with Crippen LogP contribution in [0.5, 0.6) is 5.75 Å². The largest absolute Gasteiger partial charge is 0.497 e. The number of carbonyl (C=O) groups excluding carboxylic acids is 1. The van der Waals surface area contributed by atoms with Crippen molar-refractivity contribution in [2.45, 2.75) is 185 Å². The molecule has 6 aliphatic rings. The molecule has 0 aromatic heterocycles. The monoisotopic (exact) mass is 830 g/mol. The molecule has 1 aromatic carbocycles. The second-order valence-electron chi connectivity index (χ2n) is 19.2. The van der Waals surface area contributed by atoms with Gasteiger partial charge in [0.2, 0.25) is 0 Å². The molecule has 332 valence electrons. The second-order valence-corrected chi connectivity index (χ2v) is 19.2. The number of ether oxygens (including phenoxy) is 10. The van der Waals surface area contributed by atoms with Gasteiger partial charge in [0.1, 0.15) is 18.5 Å². The summed E-state index contributed by atoms with van der Waals surface area (Å²) in [5.41, 5.74) is -0.253. The number of aliphatic carboxylic acids is 1. The molecule has 0 amide bonds. The minimum Gasteiger partial charge on any atom is -0.497 e. The van der Waals surface area contributed by atoms with Gasteiger partial charge in [0.25, 0.3) is 0 Å². The Morgan fingerprint density at radius 2 is 1.68 bits per heavy atom. The number of hydrogen-bond acceptors (Lipinski definition) is 12. The Morgan fingerprint density at radius 3 is 2.32 bits per heavy atom. The molecule has 0 aliphatic carbocycles. The zero-order chi connectivity index (χ0) is 42.7. The van der Waals surface area contributed by atoms with Crippen LogP contribution < -0.4 is 4.74 Å². The summed E-state index contributed by atoms with van der Waals surface area (Å²) in [6.45, 7) is 18.4. The van der Waals surface area contributed by atoms with E-state index in [0.29, 0.717) is 25.9 Å². The van der Waals surface area contributed by atoms with Gasteiger partial charge in [-0.1, -0.05) is 53.7 Å². The number of esters is 1. The number of hydrogen-bond donors (Lipinski definition) is 1. The highest BCUT2D eigenvalue weighted by atomic mass is 16.8. The van der Waals surface area contributed by atoms with E-state index in [-0.39, 0.29) is 60.0 Å². The Bertz CT molecular complexity index is 1640. The molecule has 0 saturated carbocycles. The van der Waals surface area contributed by atoms with Crippen molar-refractivity contribution >= 4 is 11.9 Å². The molecule has 1 aromatic rings. The first-order chi connectivity index (χ1) is 27.9. The van der Waals surface area contributed by atoms with Crippen molar-refractivity contribution in [3.63, 3.8) is 0 Å². The van der Waals surface area contributed by atoms with Crippen LogP contribution in [0.1, 0.15) is 126 Å². The number of rotatable bonds is 12. The Morgan fingerprint density at radius 1 is 0.949 bits per heavy atom. The van der Waals surface area contributed by atoms with E-state index < -0.39 is 59.3 Å². The molecule has 59 heavy (non-hydrogen) atoms. The van der Waals surface area contributed by atoms with Crippen LogP contribution in [0.15, 0.2) is 24.3 Å². The summed E-state index contributed by atoms with van der Waals surface area (Å²) in [5, 5.41) is 9.87. The molecule has 1 N–H and O–H groups in total. The molecule has 18 atom stereocenters. The van der Waals surface area contributed by atoms with E-state index in [1.807, 2.05) is 38.1 Å². The quantitative estimate of drug-likeness (QED) is 0.206. The zero-order valence-corrected chi connectivity index (χ0v) is 37.1. The highest BCUT2D eigenvalue weighted by molar-refractivity contribution is 5.70. The van der Waals surface area contributed by atoms with Crippen LogP contribution >= 0.6 is 0 Å². The smallest absolute Gasteiger partial charge is 0.308 e. The fraction of sp³-hybridized carbons (Fsp3) is 0.826. The van der Waals surface area contributed by atoms with Gasteiger partial charge in [-0.15, -0.1) is 0 Å². The normalized spacial score (nSPS) is 45.1. The zero-order valence-electron chi connectivity index (χ0n) is 37.1. The summed E-state index contributed by atoms with van der Waals surface area (Å²) < 4.78 is 65.4. The average Bonchev–Trinajstić information content (AvgIpc) is 4.00. The second kappa shape index (κ2) is 17.1. The van der Waals surface area contributed by atoms with Gasteiger partial charge in [0.05, 0.1) is 60.9 Å². The van der Waals surface area contributed by atoms with Crippen LogP contribution in [-0.4, -0.2) is 103 Å². The third-order valence-electron chi connectivity index (χ3n) is 15.2. The molecule has 13 heteroatoms. The molecule has 6 saturated heterocycles. The van der Waals surface area contributed by atoms with Crippen molar-refractivity contribution in [2.24, 2.45) is 35.5 Å². The van der Waals surface area contributed by atoms with Crippen molar-refractivity contribution in [3.8, 4) is 5.75 Å². The number of methoxy groups -OCH3 is 2. The van der Waals surface area contributed by atoms with Gasteiger partial charge in [-0.05, 0) is 76.3 Å². The van der Waals surface area contributed by atoms with E-state index >= 15 is 0 Å². The highest BCUT2D eigenvalue weighted by Gasteiger charge is 2.63. The summed E-state index contributed by atoms with van der Waals surface area (Å²) in [6.07, 6.45) is 3.14. The molecule has 13 nitrogen and oxygen atoms in total. The molecule has 6 fully saturated rings. The van der Waals surface area contributed by atoms with Crippen molar-refractivity contribution < 1.29 is 62.1 Å². The predicted octanol–water partition coefficient (Wildman–Crippen LogP) is 7.61. The van der Waals surface area contributed by atoms with Gasteiger partial charge >= 0.3 is 11.9 Å². The van der Waals surface area contributed by atoms with Crippen LogP contribution in [0.2, 0.25) is 0 Å². The van der Waals surface area contributed by atoms with Gasteiger partial charge in [-0.3, -0.25) is 9.59 Å². The lowest BCUT2D eigenvalue weighted by molar-refractivity contribution is -0.336. The van der Waals surface area contributed by atoms with Crippen LogP contribution in [0, 0.1) is 35.5 Å². The van der Waals surface area contributed by atoms with Crippen LogP contribution in [0.4, 0.5) is 0 Å². The van der Waals surface area contributed by atoms with Crippen molar-refractivity contribution in [1.29, 1.82) is 0 Å². The molecule has 0 radical (unpaired) electrons. The van der Waals surface area contributed by atoms with Crippen LogP contribution in [-0.2, 0) is 52.2 Å². The topological polar surface area (TPSA) is 147 Å². The lowest BCUT2D eigenvalue weighted by Gasteiger charge is -2.49. The molecular weight excluding hydrogens is 760 g/mol. The number of carboxylic acids is 1. The number of carboxylic acid groups (broad SMARTS) is 1. The first kappa shape index (κ1) is 44.7. The van der Waals surface area contributed by atoms with Crippen molar-refractivity contribution in [1.82, 2.24) is 0 Å². The Labute approximate surface area is 350 Å². The molecule has 0 bridgehead atoms. The Hall–Kier alpha value is -2.36. The molecule has 2 spiro atoms. The van der Waals surface area contributed by atoms with E-state index in [9.17, 15) is 14.7 Å². The van der Waals surface area contributed by atoms with Crippen LogP contribution in [0.25, 0.3) is 0 Å². The van der Waals surface area contributed by atoms with E-state index in [1.165, 1.54) is 14.0 Å². The maximum absolute atomic E-state index is 12.4. The van der Waals surface area contributed by atoms with Gasteiger partial charge in [-0.2, -0.15) is 0 Å². The van der Waals surface area contributed by atoms with Crippen molar-refractivity contribution in [2.75, 3.05) is 20.8 Å². The minimum atomic E-state index is -1.03. The van der Waals surface area contributed by atoms with Gasteiger partial charge in [0.15, 0.2) is 17.9 Å². The minimum absolute atomic E-state index is 0.125. The first-order valence-electron chi connectivity index (χ1n) is 22.2. The lowest BCUT2D eigenvalue weighted by atomic mass is 9.78. The number of carbonyl (C=O) groups is 2. The maximum Gasteiger partial charge on any atom is 0.308 e. The van der Waals surface area contributed by atoms with Crippen LogP contribution in [0.3, 0.4) is 0 Å². The molecule has 6 heterocycles. The fourth-order valence-electron chi connectivity index (χ4n) is 11.7. The van der Waals surface area contributed by atoms with Gasteiger partial charge in [-0.25, -0.2) is 0 Å². The highest BCUT2D eigenvalue weighted by Crippen LogP contribution is 2.56. The third-order valence-corrected chi connectivity index (χ3v) is 15.2. The Kier molecular flexibility index (Phi) is 12.9. The Balaban J connectivity index is 1.04. The standard InChI is InChI=1S/C46H70O13/c1-12-44(40-26(3)22-34(54-40)37-25(2)21-27(4)46(57-37)24-52-42(58-46)32-13-15-33(50-10)16-14-32)18-17-36(55-44)43(9)19-20-45(59-43)23-35(53-31(8)47)28(5)39(56-45)29(6)38(51-11)30(7)41(48)49/h13-16,25-30,34-40,42H,12,17-24H2,1-11H3,(H,48,49)/t25-,26-,27+,28+,29-,30-,34-,35-,36+,37-,38+,39-,40+,42-,43+,44-,45+,46+/m0/s1. The molecular formula is C46H70O13. The summed E-state index contributed by atoms with van der Waals surface area (Å²) in [6, 6.07) is 7.78. The third kappa shape index (κ3) is 8.33. The van der Waals surface area contributed by atoms with E-state index in [2.05, 4.69) is 34.6 Å². The van der Waals surface area contributed by atoms with E-state index in [4.69, 9.17) is 47.4 Å². The summed E-state index contributed by atoms with van der Waals surface area (Å²) in [5.74, 6) is -3.10. The average molecular weight is 831 g/mol. The summed E-state index contributed by atoms with van der Waals surface area (Å²) in [7, 11) is 3.18.